The molecule has 2 aliphatic heterocycles. The number of halogens is 1. The minimum Gasteiger partial charge on any atom is -0.371 e. The number of piperidine rings is 1. The predicted molar refractivity (Wildman–Crippen MR) is 127 cm³/mol. The number of carbonyl (C=O) groups is 1. The summed E-state index contributed by atoms with van der Waals surface area (Å²) in [7, 11) is -3.49. The summed E-state index contributed by atoms with van der Waals surface area (Å²) in [6.45, 7) is 8.54. The number of sulfone groups is 1. The first-order valence-corrected chi connectivity index (χ1v) is 13.8. The Kier molecular flexibility index (Phi) is 6.38. The highest BCUT2D eigenvalue weighted by atomic mass is 32.2. The number of nitrogens with zero attached hydrogens (tertiary/aromatic N) is 4. The molecular weight excluding hydrogens is 465 g/mol. The molecule has 3 heterocycles. The molecule has 33 heavy (non-hydrogen) atoms. The Labute approximate surface area is 198 Å². The number of hydrogen-bond donors (Lipinski definition) is 1. The van der Waals surface area contributed by atoms with Crippen LogP contribution in [-0.2, 0) is 20.0 Å². The molecule has 180 valence electrons. The second-order valence-corrected chi connectivity index (χ2v) is 12.5. The van der Waals surface area contributed by atoms with Crippen molar-refractivity contribution >= 4 is 38.1 Å². The molecule has 2 fully saturated rings. The van der Waals surface area contributed by atoms with Gasteiger partial charge in [0.25, 0.3) is 0 Å². The van der Waals surface area contributed by atoms with Crippen molar-refractivity contribution < 1.29 is 17.6 Å². The highest BCUT2D eigenvalue weighted by Gasteiger charge is 2.38. The Bertz CT molecular complexity index is 1140. The third-order valence-corrected chi connectivity index (χ3v) is 8.09. The van der Waals surface area contributed by atoms with Crippen molar-refractivity contribution in [1.29, 1.82) is 0 Å². The zero-order chi connectivity index (χ0) is 24.0. The van der Waals surface area contributed by atoms with Crippen molar-refractivity contribution in [2.45, 2.75) is 62.4 Å². The van der Waals surface area contributed by atoms with Gasteiger partial charge in [-0.15, -0.1) is 0 Å². The minimum absolute atomic E-state index is 0.0361. The molecule has 2 aliphatic rings. The zero-order valence-corrected chi connectivity index (χ0v) is 21.0. The maximum atomic E-state index is 14.4. The first kappa shape index (κ1) is 23.9. The van der Waals surface area contributed by atoms with Crippen LogP contribution in [0.1, 0.15) is 45.9 Å². The average Bonchev–Trinajstić information content (AvgIpc) is 3.37. The van der Waals surface area contributed by atoms with Crippen LogP contribution in [0.5, 0.6) is 0 Å². The monoisotopic (exact) mass is 495 g/mol. The van der Waals surface area contributed by atoms with Crippen molar-refractivity contribution in [3.05, 3.63) is 29.8 Å². The largest absolute Gasteiger partial charge is 0.371 e. The maximum Gasteiger partial charge on any atom is 0.245 e. The predicted octanol–water partition coefficient (Wildman–Crippen LogP) is 3.06. The summed E-state index contributed by atoms with van der Waals surface area (Å²) in [5, 5.41) is 3.90. The standard InChI is InChI=1S/C22H30FN5O3S2/c1-22(2,3)20-25-21(32-26-20)27-10-7-14(8-11-27)28-12-9-18(19(28)29)24-17-6-5-15(13-16(17)23)33(4,30)31/h5-6,13-14,18,24H,7-12H2,1-4H3/t18-/m0/s1. The molecule has 0 bridgehead atoms. The lowest BCUT2D eigenvalue weighted by atomic mass is 9.96. The molecule has 0 radical (unpaired) electrons. The van der Waals surface area contributed by atoms with E-state index in [1.165, 1.54) is 23.7 Å². The minimum atomic E-state index is -3.49. The fraction of sp³-hybridized carbons (Fsp3) is 0.591. The molecule has 4 rings (SSSR count). The van der Waals surface area contributed by atoms with Crippen LogP contribution in [0.25, 0.3) is 0 Å². The lowest BCUT2D eigenvalue weighted by Crippen LogP contribution is -2.47. The first-order chi connectivity index (χ1) is 15.4. The highest BCUT2D eigenvalue weighted by Crippen LogP contribution is 2.30. The molecule has 8 nitrogen and oxygen atoms in total. The van der Waals surface area contributed by atoms with Gasteiger partial charge in [-0.2, -0.15) is 4.37 Å². The summed E-state index contributed by atoms with van der Waals surface area (Å²) < 4.78 is 42.1. The third-order valence-electron chi connectivity index (χ3n) is 6.20. The summed E-state index contributed by atoms with van der Waals surface area (Å²) in [5.74, 6) is 0.139. The van der Waals surface area contributed by atoms with Crippen LogP contribution < -0.4 is 10.2 Å². The van der Waals surface area contributed by atoms with Gasteiger partial charge in [0.1, 0.15) is 17.7 Å². The SMILES string of the molecule is CC(C)(C)c1nsc(N2CCC(N3CC[C@H](Nc4ccc(S(C)(=O)=O)cc4F)C3=O)CC2)n1. The van der Waals surface area contributed by atoms with Crippen LogP contribution in [0.3, 0.4) is 0 Å². The lowest BCUT2D eigenvalue weighted by Gasteiger charge is -2.36. The molecule has 0 spiro atoms. The lowest BCUT2D eigenvalue weighted by molar-refractivity contribution is -0.130. The Hall–Kier alpha value is -2.27. The van der Waals surface area contributed by atoms with Crippen molar-refractivity contribution in [1.82, 2.24) is 14.3 Å². The van der Waals surface area contributed by atoms with Gasteiger partial charge in [-0.3, -0.25) is 4.79 Å². The number of amides is 1. The van der Waals surface area contributed by atoms with Gasteiger partial charge < -0.3 is 15.1 Å². The van der Waals surface area contributed by atoms with E-state index in [1.54, 1.807) is 0 Å². The van der Waals surface area contributed by atoms with Gasteiger partial charge in [0.2, 0.25) is 11.0 Å². The number of rotatable bonds is 5. The molecule has 2 aromatic rings. The van der Waals surface area contributed by atoms with Gasteiger partial charge in [0.05, 0.1) is 10.6 Å². The Morgan fingerprint density at radius 3 is 2.42 bits per heavy atom. The third kappa shape index (κ3) is 5.13. The van der Waals surface area contributed by atoms with Crippen molar-refractivity contribution in [2.24, 2.45) is 0 Å². The summed E-state index contributed by atoms with van der Waals surface area (Å²) in [6.07, 6.45) is 3.31. The summed E-state index contributed by atoms with van der Waals surface area (Å²) in [5.41, 5.74) is 0.0603. The first-order valence-electron chi connectivity index (χ1n) is 11.1. The molecule has 1 aromatic heterocycles. The van der Waals surface area contributed by atoms with Crippen molar-refractivity contribution in [3.8, 4) is 0 Å². The van der Waals surface area contributed by atoms with Crippen LogP contribution in [0.4, 0.5) is 15.2 Å². The topological polar surface area (TPSA) is 95.5 Å². The van der Waals surface area contributed by atoms with Crippen LogP contribution >= 0.6 is 11.5 Å². The van der Waals surface area contributed by atoms with E-state index in [9.17, 15) is 17.6 Å². The van der Waals surface area contributed by atoms with E-state index < -0.39 is 21.7 Å². The quantitative estimate of drug-likeness (QED) is 0.681. The number of hydrogen-bond acceptors (Lipinski definition) is 8. The second kappa shape index (κ2) is 8.83. The van der Waals surface area contributed by atoms with Crippen LogP contribution in [0.2, 0.25) is 0 Å². The van der Waals surface area contributed by atoms with E-state index in [1.807, 2.05) is 4.90 Å². The number of aromatic nitrogens is 2. The van der Waals surface area contributed by atoms with Crippen LogP contribution in [0.15, 0.2) is 23.1 Å². The molecule has 1 N–H and O–H groups in total. The molecule has 0 unspecified atom stereocenters. The smallest absolute Gasteiger partial charge is 0.245 e. The maximum absolute atomic E-state index is 14.4. The molecule has 1 amide bonds. The number of benzene rings is 1. The Morgan fingerprint density at radius 2 is 1.85 bits per heavy atom. The molecule has 0 aliphatic carbocycles. The van der Waals surface area contributed by atoms with E-state index in [2.05, 4.69) is 35.4 Å². The van der Waals surface area contributed by atoms with E-state index in [0.29, 0.717) is 13.0 Å². The zero-order valence-electron chi connectivity index (χ0n) is 19.3. The number of nitrogens with one attached hydrogen (secondary N) is 1. The van der Waals surface area contributed by atoms with Gasteiger partial charge in [0, 0.05) is 48.9 Å². The van der Waals surface area contributed by atoms with E-state index >= 15 is 0 Å². The van der Waals surface area contributed by atoms with E-state index in [-0.39, 0.29) is 27.9 Å². The number of carbonyl (C=O) groups excluding carboxylic acids is 1. The van der Waals surface area contributed by atoms with Gasteiger partial charge >= 0.3 is 0 Å². The van der Waals surface area contributed by atoms with Gasteiger partial charge in [-0.1, -0.05) is 20.8 Å². The normalized spacial score (nSPS) is 20.5. The molecule has 1 atom stereocenters. The van der Waals surface area contributed by atoms with Crippen molar-refractivity contribution in [3.63, 3.8) is 0 Å². The highest BCUT2D eigenvalue weighted by molar-refractivity contribution is 7.90. The fourth-order valence-corrected chi connectivity index (χ4v) is 5.79. The fourth-order valence-electron chi connectivity index (χ4n) is 4.25. The molecule has 1 aromatic carbocycles. The van der Waals surface area contributed by atoms with Gasteiger partial charge in [0.15, 0.2) is 9.84 Å². The average molecular weight is 496 g/mol. The number of likely N-dealkylation sites (tertiary alicyclic amines) is 1. The molecule has 11 heteroatoms. The van der Waals surface area contributed by atoms with E-state index in [4.69, 9.17) is 4.98 Å². The van der Waals surface area contributed by atoms with E-state index in [0.717, 1.165) is 49.2 Å². The Balaban J connectivity index is 1.35. The molecule has 2 saturated heterocycles. The molecule has 0 saturated carbocycles. The van der Waals surface area contributed by atoms with Crippen LogP contribution in [0, 0.1) is 5.82 Å². The summed E-state index contributed by atoms with van der Waals surface area (Å²) in [4.78, 5) is 21.8. The molecular formula is C22H30FN5O3S2. The second-order valence-electron chi connectivity index (χ2n) is 9.80. The van der Waals surface area contributed by atoms with Gasteiger partial charge in [-0.05, 0) is 37.5 Å². The summed E-state index contributed by atoms with van der Waals surface area (Å²) >= 11 is 1.42. The van der Waals surface area contributed by atoms with Crippen molar-refractivity contribution in [2.75, 3.05) is 36.1 Å². The number of anilines is 2. The van der Waals surface area contributed by atoms with Crippen LogP contribution in [-0.4, -0.2) is 66.6 Å². The Morgan fingerprint density at radius 1 is 1.15 bits per heavy atom. The van der Waals surface area contributed by atoms with Gasteiger partial charge in [-0.25, -0.2) is 17.8 Å². The summed E-state index contributed by atoms with van der Waals surface area (Å²) in [6, 6.07) is 3.36.